The molecule has 2 rings (SSSR count). The number of nitrogens with one attached hydrogen (secondary N) is 2. The third kappa shape index (κ3) is 7.00. The topological polar surface area (TPSA) is 84.2 Å². The van der Waals surface area contributed by atoms with E-state index in [2.05, 4.69) is 10.6 Å². The minimum absolute atomic E-state index is 0. The average molecular weight is 394 g/mol. The number of nitrogens with two attached hydrogens (primary N) is 1. The lowest BCUT2D eigenvalue weighted by Crippen LogP contribution is -2.37. The molecule has 0 saturated carbocycles. The van der Waals surface area contributed by atoms with Crippen molar-refractivity contribution in [3.8, 4) is 0 Å². The quantitative estimate of drug-likeness (QED) is 0.603. The molecular formula is C20H25ClFN3O2. The number of carbonyl (C=O) groups excluding carboxylic acids is 2. The van der Waals surface area contributed by atoms with Crippen molar-refractivity contribution < 1.29 is 14.0 Å². The first-order chi connectivity index (χ1) is 12.5. The number of amides is 2. The van der Waals surface area contributed by atoms with Crippen molar-refractivity contribution in [2.75, 3.05) is 13.1 Å². The van der Waals surface area contributed by atoms with E-state index < -0.39 is 5.82 Å². The highest BCUT2D eigenvalue weighted by Gasteiger charge is 2.21. The number of hydrogen-bond donors (Lipinski definition) is 3. The van der Waals surface area contributed by atoms with E-state index in [9.17, 15) is 14.0 Å². The lowest BCUT2D eigenvalue weighted by Gasteiger charge is -2.19. The zero-order valence-electron chi connectivity index (χ0n) is 15.2. The first kappa shape index (κ1) is 22.6. The lowest BCUT2D eigenvalue weighted by atomic mass is 9.95. The van der Waals surface area contributed by atoms with Crippen LogP contribution in [0.2, 0.25) is 0 Å². The number of halogens is 2. The summed E-state index contributed by atoms with van der Waals surface area (Å²) in [7, 11) is 0. The van der Waals surface area contributed by atoms with Crippen LogP contribution in [0, 0.1) is 11.7 Å². The molecule has 0 saturated heterocycles. The predicted molar refractivity (Wildman–Crippen MR) is 106 cm³/mol. The Morgan fingerprint density at radius 2 is 1.70 bits per heavy atom. The van der Waals surface area contributed by atoms with E-state index in [1.165, 1.54) is 18.2 Å². The monoisotopic (exact) mass is 393 g/mol. The van der Waals surface area contributed by atoms with Crippen LogP contribution in [0.15, 0.2) is 54.6 Å². The summed E-state index contributed by atoms with van der Waals surface area (Å²) in [5.41, 5.74) is 7.33. The SMILES string of the molecule is CC(C(=O)NCCCNC(=O)c1cccc(F)c1)C(N)c1ccccc1.Cl. The highest BCUT2D eigenvalue weighted by atomic mass is 35.5. The van der Waals surface area contributed by atoms with E-state index in [4.69, 9.17) is 5.73 Å². The van der Waals surface area contributed by atoms with Crippen molar-refractivity contribution in [3.05, 3.63) is 71.5 Å². The Hall–Kier alpha value is -2.44. The van der Waals surface area contributed by atoms with Gasteiger partial charge in [-0.15, -0.1) is 12.4 Å². The molecule has 27 heavy (non-hydrogen) atoms. The molecule has 0 fully saturated rings. The van der Waals surface area contributed by atoms with Crippen molar-refractivity contribution in [3.63, 3.8) is 0 Å². The van der Waals surface area contributed by atoms with Gasteiger partial charge in [-0.25, -0.2) is 4.39 Å². The largest absolute Gasteiger partial charge is 0.356 e. The Kier molecular flexibility index (Phi) is 9.47. The van der Waals surface area contributed by atoms with Crippen molar-refractivity contribution >= 4 is 24.2 Å². The summed E-state index contributed by atoms with van der Waals surface area (Å²) in [6, 6.07) is 14.6. The van der Waals surface area contributed by atoms with Crippen molar-refractivity contribution in [1.29, 1.82) is 0 Å². The molecule has 146 valence electrons. The van der Waals surface area contributed by atoms with E-state index in [0.717, 1.165) is 5.56 Å². The second-order valence-corrected chi connectivity index (χ2v) is 6.14. The van der Waals surface area contributed by atoms with E-state index in [0.29, 0.717) is 19.5 Å². The Morgan fingerprint density at radius 3 is 2.37 bits per heavy atom. The van der Waals surface area contributed by atoms with E-state index in [1.807, 2.05) is 30.3 Å². The maximum absolute atomic E-state index is 13.1. The van der Waals surface area contributed by atoms with E-state index in [1.54, 1.807) is 13.0 Å². The first-order valence-corrected chi connectivity index (χ1v) is 8.61. The van der Waals surface area contributed by atoms with Gasteiger partial charge < -0.3 is 16.4 Å². The summed E-state index contributed by atoms with van der Waals surface area (Å²) in [6.07, 6.45) is 0.570. The zero-order chi connectivity index (χ0) is 18.9. The van der Waals surface area contributed by atoms with Crippen molar-refractivity contribution in [2.45, 2.75) is 19.4 Å². The molecule has 2 amide bonds. The minimum atomic E-state index is -0.450. The molecule has 5 nitrogen and oxygen atoms in total. The van der Waals surface area contributed by atoms with Crippen LogP contribution in [0.5, 0.6) is 0 Å². The molecule has 2 atom stereocenters. The Morgan fingerprint density at radius 1 is 1.04 bits per heavy atom. The van der Waals surface area contributed by atoms with Gasteiger partial charge in [0, 0.05) is 24.7 Å². The van der Waals surface area contributed by atoms with Crippen LogP contribution in [-0.4, -0.2) is 24.9 Å². The van der Waals surface area contributed by atoms with Gasteiger partial charge in [-0.3, -0.25) is 9.59 Å². The summed E-state index contributed by atoms with van der Waals surface area (Å²) < 4.78 is 13.1. The molecule has 2 aromatic rings. The van der Waals surface area contributed by atoms with Gasteiger partial charge in [-0.1, -0.05) is 43.3 Å². The van der Waals surface area contributed by atoms with Gasteiger partial charge in [0.2, 0.25) is 5.91 Å². The fraction of sp³-hybridized carbons (Fsp3) is 0.300. The van der Waals surface area contributed by atoms with Crippen molar-refractivity contribution in [1.82, 2.24) is 10.6 Å². The molecule has 0 spiro atoms. The van der Waals surface area contributed by atoms with Gasteiger partial charge in [-0.2, -0.15) is 0 Å². The van der Waals surface area contributed by atoms with Gasteiger partial charge in [0.1, 0.15) is 5.82 Å². The summed E-state index contributed by atoms with van der Waals surface area (Å²) >= 11 is 0. The van der Waals surface area contributed by atoms with Crippen LogP contribution in [0.4, 0.5) is 4.39 Å². The maximum Gasteiger partial charge on any atom is 0.251 e. The van der Waals surface area contributed by atoms with Gasteiger partial charge in [0.25, 0.3) is 5.91 Å². The van der Waals surface area contributed by atoms with Crippen LogP contribution < -0.4 is 16.4 Å². The molecule has 2 unspecified atom stereocenters. The summed E-state index contributed by atoms with van der Waals surface area (Å²) in [5, 5.41) is 5.52. The third-order valence-electron chi connectivity index (χ3n) is 4.16. The summed E-state index contributed by atoms with van der Waals surface area (Å²) in [4.78, 5) is 24.1. The molecular weight excluding hydrogens is 369 g/mol. The fourth-order valence-corrected chi connectivity index (χ4v) is 2.52. The number of carbonyl (C=O) groups is 2. The van der Waals surface area contributed by atoms with Crippen LogP contribution in [-0.2, 0) is 4.79 Å². The smallest absolute Gasteiger partial charge is 0.251 e. The van der Waals surface area contributed by atoms with Crippen molar-refractivity contribution in [2.24, 2.45) is 11.7 Å². The predicted octanol–water partition coefficient (Wildman–Crippen LogP) is 2.82. The summed E-state index contributed by atoms with van der Waals surface area (Å²) in [6.45, 7) is 2.60. The van der Waals surface area contributed by atoms with Crippen LogP contribution >= 0.6 is 12.4 Å². The van der Waals surface area contributed by atoms with Gasteiger partial charge in [0.05, 0.1) is 5.92 Å². The molecule has 7 heteroatoms. The second kappa shape index (κ2) is 11.3. The summed E-state index contributed by atoms with van der Waals surface area (Å²) in [5.74, 6) is -1.28. The molecule has 0 bridgehead atoms. The molecule has 0 aromatic heterocycles. The number of hydrogen-bond acceptors (Lipinski definition) is 3. The van der Waals surface area contributed by atoms with E-state index >= 15 is 0 Å². The molecule has 0 aliphatic rings. The highest BCUT2D eigenvalue weighted by Crippen LogP contribution is 2.18. The molecule has 0 heterocycles. The fourth-order valence-electron chi connectivity index (χ4n) is 2.52. The molecule has 4 N–H and O–H groups in total. The highest BCUT2D eigenvalue weighted by molar-refractivity contribution is 5.94. The number of rotatable bonds is 8. The van der Waals surface area contributed by atoms with Gasteiger partial charge in [0.15, 0.2) is 0 Å². The van der Waals surface area contributed by atoms with Gasteiger partial charge in [-0.05, 0) is 30.2 Å². The standard InChI is InChI=1S/C20H24FN3O2.ClH/c1-14(18(22)15-7-3-2-4-8-15)19(25)23-11-6-12-24-20(26)16-9-5-10-17(21)13-16;/h2-5,7-10,13-14,18H,6,11-12,22H2,1H3,(H,23,25)(H,24,26);1H. The lowest BCUT2D eigenvalue weighted by molar-refractivity contribution is -0.125. The Bertz CT molecular complexity index is 743. The number of benzene rings is 2. The normalized spacial score (nSPS) is 12.4. The van der Waals surface area contributed by atoms with E-state index in [-0.39, 0.29) is 41.7 Å². The minimum Gasteiger partial charge on any atom is -0.356 e. The molecule has 0 aliphatic heterocycles. The maximum atomic E-state index is 13.1. The zero-order valence-corrected chi connectivity index (χ0v) is 16.0. The van der Waals surface area contributed by atoms with Crippen LogP contribution in [0.3, 0.4) is 0 Å². The molecule has 0 radical (unpaired) electrons. The second-order valence-electron chi connectivity index (χ2n) is 6.14. The Balaban J connectivity index is 0.00000364. The molecule has 2 aromatic carbocycles. The first-order valence-electron chi connectivity index (χ1n) is 8.61. The molecule has 0 aliphatic carbocycles. The third-order valence-corrected chi connectivity index (χ3v) is 4.16. The van der Waals surface area contributed by atoms with Crippen LogP contribution in [0.25, 0.3) is 0 Å². The van der Waals surface area contributed by atoms with Crippen LogP contribution in [0.1, 0.15) is 35.3 Å². The van der Waals surface area contributed by atoms with Gasteiger partial charge >= 0.3 is 0 Å². The Labute approximate surface area is 164 Å². The average Bonchev–Trinajstić information content (AvgIpc) is 2.66.